The standard InChI is InChI=1S/C22H23N3O4S/c1-13-18-21(24-17-9-3-2-6-10-25(17)22(18)27)30-19(13)20(26)23-11-14-12-28-15-7-4-5-8-16(15)29-14/h4-5,7-8,14H,2-3,6,9-12H2,1H3,(H,23,26). The van der Waals surface area contributed by atoms with Gasteiger partial charge in [0.15, 0.2) is 11.5 Å². The van der Waals surface area contributed by atoms with Crippen LogP contribution in [0.1, 0.15) is 40.3 Å². The summed E-state index contributed by atoms with van der Waals surface area (Å²) in [4.78, 5) is 31.9. The van der Waals surface area contributed by atoms with Gasteiger partial charge in [0.25, 0.3) is 11.5 Å². The maximum atomic E-state index is 13.1. The highest BCUT2D eigenvalue weighted by Gasteiger charge is 2.25. The molecule has 1 atom stereocenters. The molecule has 0 saturated heterocycles. The summed E-state index contributed by atoms with van der Waals surface area (Å²) in [5, 5.41) is 3.50. The van der Waals surface area contributed by atoms with Crippen LogP contribution in [-0.4, -0.2) is 34.7 Å². The third kappa shape index (κ3) is 3.35. The quantitative estimate of drug-likeness (QED) is 0.697. The van der Waals surface area contributed by atoms with Gasteiger partial charge in [-0.2, -0.15) is 0 Å². The third-order valence-corrected chi connectivity index (χ3v) is 6.86. The van der Waals surface area contributed by atoms with Crippen molar-refractivity contribution in [3.63, 3.8) is 0 Å². The third-order valence-electron chi connectivity index (χ3n) is 5.68. The number of hydrogen-bond acceptors (Lipinski definition) is 6. The number of rotatable bonds is 3. The van der Waals surface area contributed by atoms with Gasteiger partial charge in [-0.05, 0) is 37.5 Å². The van der Waals surface area contributed by atoms with Crippen molar-refractivity contribution >= 4 is 27.5 Å². The van der Waals surface area contributed by atoms with E-state index in [2.05, 4.69) is 5.32 Å². The van der Waals surface area contributed by atoms with E-state index >= 15 is 0 Å². The molecule has 0 aliphatic carbocycles. The highest BCUT2D eigenvalue weighted by Crippen LogP contribution is 2.31. The van der Waals surface area contributed by atoms with Crippen LogP contribution in [-0.2, 0) is 13.0 Å². The average molecular weight is 426 g/mol. The minimum absolute atomic E-state index is 0.0229. The fraction of sp³-hybridized carbons (Fsp3) is 0.409. The van der Waals surface area contributed by atoms with Crippen LogP contribution in [0.2, 0.25) is 0 Å². The van der Waals surface area contributed by atoms with Gasteiger partial charge in [0.2, 0.25) is 0 Å². The van der Waals surface area contributed by atoms with Crippen molar-refractivity contribution in [2.45, 2.75) is 45.3 Å². The number of benzene rings is 1. The second kappa shape index (κ2) is 7.75. The van der Waals surface area contributed by atoms with Crippen molar-refractivity contribution in [3.8, 4) is 11.5 Å². The highest BCUT2D eigenvalue weighted by atomic mass is 32.1. The molecule has 0 bridgehead atoms. The van der Waals surface area contributed by atoms with Crippen LogP contribution in [0.15, 0.2) is 29.1 Å². The minimum Gasteiger partial charge on any atom is -0.486 e. The van der Waals surface area contributed by atoms with Gasteiger partial charge >= 0.3 is 0 Å². The van der Waals surface area contributed by atoms with Gasteiger partial charge < -0.3 is 14.8 Å². The molecule has 4 heterocycles. The van der Waals surface area contributed by atoms with Crippen LogP contribution < -0.4 is 20.3 Å². The normalized spacial score (nSPS) is 18.0. The molecule has 0 fully saturated rings. The topological polar surface area (TPSA) is 82.4 Å². The molecule has 0 radical (unpaired) electrons. The van der Waals surface area contributed by atoms with E-state index in [4.69, 9.17) is 14.5 Å². The monoisotopic (exact) mass is 425 g/mol. The molecule has 156 valence electrons. The van der Waals surface area contributed by atoms with Gasteiger partial charge in [0.05, 0.1) is 16.8 Å². The van der Waals surface area contributed by atoms with Gasteiger partial charge in [-0.1, -0.05) is 18.6 Å². The van der Waals surface area contributed by atoms with E-state index in [9.17, 15) is 9.59 Å². The Morgan fingerprint density at radius 1 is 1.27 bits per heavy atom. The molecule has 2 aromatic heterocycles. The predicted octanol–water partition coefficient (Wildman–Crippen LogP) is 3.06. The Labute approximate surface area is 177 Å². The number of amides is 1. The molecule has 1 N–H and O–H groups in total. The molecule has 1 amide bonds. The molecule has 7 nitrogen and oxygen atoms in total. The maximum Gasteiger partial charge on any atom is 0.262 e. The van der Waals surface area contributed by atoms with Crippen molar-refractivity contribution in [3.05, 3.63) is 50.9 Å². The molecule has 30 heavy (non-hydrogen) atoms. The lowest BCUT2D eigenvalue weighted by Crippen LogP contribution is -2.40. The van der Waals surface area contributed by atoms with Crippen LogP contribution in [0.5, 0.6) is 11.5 Å². The number of hydrogen-bond donors (Lipinski definition) is 1. The van der Waals surface area contributed by atoms with E-state index < -0.39 is 0 Å². The lowest BCUT2D eigenvalue weighted by atomic mass is 10.2. The molecule has 0 spiro atoms. The first-order valence-corrected chi connectivity index (χ1v) is 11.1. The summed E-state index contributed by atoms with van der Waals surface area (Å²) in [6, 6.07) is 7.49. The van der Waals surface area contributed by atoms with Crippen molar-refractivity contribution in [2.24, 2.45) is 0 Å². The Hall–Kier alpha value is -2.87. The van der Waals surface area contributed by atoms with E-state index in [1.165, 1.54) is 11.3 Å². The number of nitrogens with zero attached hydrogens (tertiary/aromatic N) is 2. The first-order chi connectivity index (χ1) is 14.6. The summed E-state index contributed by atoms with van der Waals surface area (Å²) in [5.74, 6) is 2.02. The zero-order chi connectivity index (χ0) is 20.7. The SMILES string of the molecule is Cc1c(C(=O)NCC2COc3ccccc3O2)sc2nc3n(c(=O)c12)CCCCC3. The number of carbonyl (C=O) groups excluding carboxylic acids is 1. The molecule has 0 saturated carbocycles. The van der Waals surface area contributed by atoms with Crippen LogP contribution >= 0.6 is 11.3 Å². The molecule has 1 aromatic carbocycles. The van der Waals surface area contributed by atoms with Crippen LogP contribution in [0, 0.1) is 6.92 Å². The maximum absolute atomic E-state index is 13.1. The van der Waals surface area contributed by atoms with Crippen LogP contribution in [0.25, 0.3) is 10.2 Å². The molecular formula is C22H23N3O4S. The number of thiophene rings is 1. The zero-order valence-electron chi connectivity index (χ0n) is 16.8. The fourth-order valence-electron chi connectivity index (χ4n) is 4.08. The second-order valence-corrected chi connectivity index (χ2v) is 8.74. The molecule has 2 aliphatic rings. The van der Waals surface area contributed by atoms with E-state index in [-0.39, 0.29) is 17.6 Å². The molecule has 3 aromatic rings. The number of carbonyl (C=O) groups is 1. The van der Waals surface area contributed by atoms with Crippen molar-refractivity contribution in [2.75, 3.05) is 13.2 Å². The van der Waals surface area contributed by atoms with Gasteiger partial charge in [-0.15, -0.1) is 11.3 Å². The molecule has 5 rings (SSSR count). The van der Waals surface area contributed by atoms with Crippen molar-refractivity contribution in [1.29, 1.82) is 0 Å². The predicted molar refractivity (Wildman–Crippen MR) is 115 cm³/mol. The van der Waals surface area contributed by atoms with Crippen LogP contribution in [0.3, 0.4) is 0 Å². The summed E-state index contributed by atoms with van der Waals surface area (Å²) < 4.78 is 13.4. The number of fused-ring (bicyclic) bond motifs is 3. The molecular weight excluding hydrogens is 402 g/mol. The Balaban J connectivity index is 1.36. The van der Waals surface area contributed by atoms with Crippen molar-refractivity contribution < 1.29 is 14.3 Å². The van der Waals surface area contributed by atoms with Gasteiger partial charge in [0, 0.05) is 13.0 Å². The van der Waals surface area contributed by atoms with Gasteiger partial charge in [-0.25, -0.2) is 4.98 Å². The zero-order valence-corrected chi connectivity index (χ0v) is 17.6. The minimum atomic E-state index is -0.265. The molecule has 2 aliphatic heterocycles. The Morgan fingerprint density at radius 3 is 2.97 bits per heavy atom. The number of nitrogens with one attached hydrogen (secondary N) is 1. The largest absolute Gasteiger partial charge is 0.486 e. The second-order valence-electron chi connectivity index (χ2n) is 7.74. The van der Waals surface area contributed by atoms with Gasteiger partial charge in [0.1, 0.15) is 23.4 Å². The first-order valence-electron chi connectivity index (χ1n) is 10.3. The van der Waals surface area contributed by atoms with Gasteiger partial charge in [-0.3, -0.25) is 14.2 Å². The fourth-order valence-corrected chi connectivity index (χ4v) is 5.18. The molecule has 8 heteroatoms. The Bertz CT molecular complexity index is 1180. The van der Waals surface area contributed by atoms with E-state index in [1.54, 1.807) is 4.57 Å². The Morgan fingerprint density at radius 2 is 2.10 bits per heavy atom. The van der Waals surface area contributed by atoms with Crippen molar-refractivity contribution in [1.82, 2.24) is 14.9 Å². The summed E-state index contributed by atoms with van der Waals surface area (Å²) in [7, 11) is 0. The average Bonchev–Trinajstić information content (AvgIpc) is 2.93. The van der Waals surface area contributed by atoms with E-state index in [0.717, 1.165) is 31.5 Å². The number of aromatic nitrogens is 2. The smallest absolute Gasteiger partial charge is 0.262 e. The number of ether oxygens (including phenoxy) is 2. The molecule has 1 unspecified atom stereocenters. The highest BCUT2D eigenvalue weighted by molar-refractivity contribution is 7.20. The summed E-state index contributed by atoms with van der Waals surface area (Å²) in [6.45, 7) is 3.23. The van der Waals surface area contributed by atoms with Crippen LogP contribution in [0.4, 0.5) is 0 Å². The number of para-hydroxylation sites is 2. The summed E-state index contributed by atoms with van der Waals surface area (Å²) in [6.07, 6.45) is 3.69. The Kier molecular flexibility index (Phi) is 4.94. The van der Waals surface area contributed by atoms with E-state index in [0.29, 0.717) is 51.9 Å². The lowest BCUT2D eigenvalue weighted by molar-refractivity contribution is 0.0791. The summed E-state index contributed by atoms with van der Waals surface area (Å²) >= 11 is 1.29. The number of aryl methyl sites for hydroxylation is 2. The summed E-state index contributed by atoms with van der Waals surface area (Å²) in [5.41, 5.74) is 0.682. The lowest BCUT2D eigenvalue weighted by Gasteiger charge is -2.26. The first kappa shape index (κ1) is 19.1. The van der Waals surface area contributed by atoms with E-state index in [1.807, 2.05) is 31.2 Å².